The van der Waals surface area contributed by atoms with Crippen molar-refractivity contribution in [2.24, 2.45) is 0 Å². The number of aromatic nitrogens is 3. The standard InChI is InChI=1S/C25H27N5O2/c1-25(2,3)27-15-16-32-20-12-5-4-9-17(20)23-28-19-11-8-10-18(22(19)30-23)24(31)29-21-13-6-7-14-26-21/h4-14,27H,15-16H2,1-3H3,(H,28,30)(H,26,29,31). The minimum Gasteiger partial charge on any atom is -0.491 e. The zero-order valence-electron chi connectivity index (χ0n) is 18.5. The first kappa shape index (κ1) is 21.5. The fraction of sp³-hybridized carbons (Fsp3) is 0.240. The lowest BCUT2D eigenvalue weighted by Crippen LogP contribution is -2.38. The molecule has 0 bridgehead atoms. The number of amides is 1. The third-order valence-corrected chi connectivity index (χ3v) is 4.82. The topological polar surface area (TPSA) is 91.9 Å². The Morgan fingerprint density at radius 3 is 2.62 bits per heavy atom. The van der Waals surface area contributed by atoms with Gasteiger partial charge in [-0.25, -0.2) is 9.97 Å². The van der Waals surface area contributed by atoms with Crippen LogP contribution in [0, 0.1) is 0 Å². The number of fused-ring (bicyclic) bond motifs is 1. The number of nitrogens with one attached hydrogen (secondary N) is 3. The predicted molar refractivity (Wildman–Crippen MR) is 127 cm³/mol. The molecule has 0 saturated carbocycles. The van der Waals surface area contributed by atoms with Gasteiger partial charge >= 0.3 is 0 Å². The van der Waals surface area contributed by atoms with Gasteiger partial charge in [0.1, 0.15) is 29.5 Å². The van der Waals surface area contributed by atoms with Crippen molar-refractivity contribution < 1.29 is 9.53 Å². The number of ether oxygens (including phenoxy) is 1. The van der Waals surface area contributed by atoms with E-state index in [1.165, 1.54) is 0 Å². The largest absolute Gasteiger partial charge is 0.491 e. The van der Waals surface area contributed by atoms with Crippen molar-refractivity contribution in [3.05, 3.63) is 72.4 Å². The maximum absolute atomic E-state index is 12.9. The van der Waals surface area contributed by atoms with E-state index in [1.807, 2.05) is 42.5 Å². The molecule has 0 aliphatic carbocycles. The van der Waals surface area contributed by atoms with Gasteiger partial charge in [-0.2, -0.15) is 0 Å². The van der Waals surface area contributed by atoms with E-state index in [4.69, 9.17) is 9.72 Å². The Morgan fingerprint density at radius 2 is 1.84 bits per heavy atom. The summed E-state index contributed by atoms with van der Waals surface area (Å²) in [6, 6.07) is 18.6. The number of rotatable bonds is 7. The second-order valence-electron chi connectivity index (χ2n) is 8.48. The van der Waals surface area contributed by atoms with Crippen LogP contribution < -0.4 is 15.4 Å². The molecule has 164 valence electrons. The summed E-state index contributed by atoms with van der Waals surface area (Å²) in [5.41, 5.74) is 2.73. The first-order chi connectivity index (χ1) is 15.4. The van der Waals surface area contributed by atoms with Gasteiger partial charge in [0.05, 0.1) is 16.6 Å². The molecule has 0 spiro atoms. The monoisotopic (exact) mass is 429 g/mol. The first-order valence-electron chi connectivity index (χ1n) is 10.6. The molecule has 0 unspecified atom stereocenters. The fourth-order valence-electron chi connectivity index (χ4n) is 3.34. The molecule has 7 heteroatoms. The molecule has 2 heterocycles. The SMILES string of the molecule is CC(C)(C)NCCOc1ccccc1-c1nc2c(C(=O)Nc3ccccn3)cccc2[nH]1. The summed E-state index contributed by atoms with van der Waals surface area (Å²) in [5, 5.41) is 6.24. The highest BCUT2D eigenvalue weighted by Gasteiger charge is 2.17. The number of H-pyrrole nitrogens is 1. The maximum Gasteiger partial charge on any atom is 0.259 e. The lowest BCUT2D eigenvalue weighted by atomic mass is 10.1. The molecule has 0 aliphatic heterocycles. The minimum atomic E-state index is -0.259. The quantitative estimate of drug-likeness (QED) is 0.372. The molecule has 1 amide bonds. The van der Waals surface area contributed by atoms with Gasteiger partial charge in [0.25, 0.3) is 5.91 Å². The van der Waals surface area contributed by atoms with Gasteiger partial charge < -0.3 is 20.4 Å². The van der Waals surface area contributed by atoms with E-state index in [9.17, 15) is 4.79 Å². The van der Waals surface area contributed by atoms with Crippen LogP contribution in [-0.4, -0.2) is 39.5 Å². The molecule has 3 N–H and O–H groups in total. The molecule has 2 aromatic heterocycles. The molecule has 32 heavy (non-hydrogen) atoms. The highest BCUT2D eigenvalue weighted by molar-refractivity contribution is 6.11. The average Bonchev–Trinajstić information content (AvgIpc) is 3.21. The summed E-state index contributed by atoms with van der Waals surface area (Å²) in [6.07, 6.45) is 1.64. The summed E-state index contributed by atoms with van der Waals surface area (Å²) in [7, 11) is 0. The van der Waals surface area contributed by atoms with Crippen molar-refractivity contribution in [2.45, 2.75) is 26.3 Å². The summed E-state index contributed by atoms with van der Waals surface area (Å²) >= 11 is 0. The highest BCUT2D eigenvalue weighted by atomic mass is 16.5. The van der Waals surface area contributed by atoms with Gasteiger partial charge in [-0.05, 0) is 57.2 Å². The van der Waals surface area contributed by atoms with Crippen LogP contribution in [0.4, 0.5) is 5.82 Å². The summed E-state index contributed by atoms with van der Waals surface area (Å²) in [4.78, 5) is 25.1. The van der Waals surface area contributed by atoms with Crippen molar-refractivity contribution in [3.63, 3.8) is 0 Å². The Kier molecular flexibility index (Phi) is 6.18. The lowest BCUT2D eigenvalue weighted by molar-refractivity contribution is 0.102. The second-order valence-corrected chi connectivity index (χ2v) is 8.48. The third kappa shape index (κ3) is 5.12. The van der Waals surface area contributed by atoms with Crippen LogP contribution in [0.3, 0.4) is 0 Å². The van der Waals surface area contributed by atoms with E-state index in [0.717, 1.165) is 23.4 Å². The second kappa shape index (κ2) is 9.20. The Hall–Kier alpha value is -3.71. The van der Waals surface area contributed by atoms with Crippen LogP contribution in [0.1, 0.15) is 31.1 Å². The molecule has 0 aliphatic rings. The Labute approximate surface area is 187 Å². The molecular formula is C25H27N5O2. The van der Waals surface area contributed by atoms with Gasteiger partial charge in [-0.1, -0.05) is 24.3 Å². The number of imidazole rings is 1. The molecule has 0 atom stereocenters. The highest BCUT2D eigenvalue weighted by Crippen LogP contribution is 2.30. The van der Waals surface area contributed by atoms with E-state index in [0.29, 0.717) is 29.3 Å². The summed E-state index contributed by atoms with van der Waals surface area (Å²) < 4.78 is 6.03. The number of carbonyl (C=O) groups excluding carboxylic acids is 1. The molecule has 4 aromatic rings. The number of anilines is 1. The first-order valence-corrected chi connectivity index (χ1v) is 10.6. The van der Waals surface area contributed by atoms with E-state index < -0.39 is 0 Å². The van der Waals surface area contributed by atoms with Crippen LogP contribution in [0.5, 0.6) is 5.75 Å². The number of nitrogens with zero attached hydrogens (tertiary/aromatic N) is 2. The summed E-state index contributed by atoms with van der Waals surface area (Å²) in [5.74, 6) is 1.62. The van der Waals surface area contributed by atoms with Gasteiger partial charge in [0.2, 0.25) is 0 Å². The van der Waals surface area contributed by atoms with Crippen LogP contribution in [0.25, 0.3) is 22.4 Å². The molecule has 0 radical (unpaired) electrons. The number of hydrogen-bond acceptors (Lipinski definition) is 5. The zero-order valence-corrected chi connectivity index (χ0v) is 18.5. The Morgan fingerprint density at radius 1 is 1.03 bits per heavy atom. The Balaban J connectivity index is 1.58. The van der Waals surface area contributed by atoms with Crippen molar-refractivity contribution in [1.82, 2.24) is 20.3 Å². The predicted octanol–water partition coefficient (Wildman–Crippen LogP) is 4.64. The van der Waals surface area contributed by atoms with Crippen molar-refractivity contribution in [2.75, 3.05) is 18.5 Å². The zero-order chi connectivity index (χ0) is 22.6. The van der Waals surface area contributed by atoms with Crippen LogP contribution in [0.15, 0.2) is 66.9 Å². The number of para-hydroxylation sites is 2. The fourth-order valence-corrected chi connectivity index (χ4v) is 3.34. The third-order valence-electron chi connectivity index (χ3n) is 4.82. The minimum absolute atomic E-state index is 0.0356. The normalized spacial score (nSPS) is 11.5. The molecule has 0 fully saturated rings. The number of hydrogen-bond donors (Lipinski definition) is 3. The van der Waals surface area contributed by atoms with E-state index in [1.54, 1.807) is 24.4 Å². The molecule has 4 rings (SSSR count). The van der Waals surface area contributed by atoms with Gasteiger partial charge in [-0.3, -0.25) is 4.79 Å². The average molecular weight is 430 g/mol. The van der Waals surface area contributed by atoms with Crippen LogP contribution in [0.2, 0.25) is 0 Å². The van der Waals surface area contributed by atoms with Crippen LogP contribution >= 0.6 is 0 Å². The van der Waals surface area contributed by atoms with Gasteiger partial charge in [-0.15, -0.1) is 0 Å². The maximum atomic E-state index is 12.9. The number of aromatic amines is 1. The molecule has 7 nitrogen and oxygen atoms in total. The molecular weight excluding hydrogens is 402 g/mol. The van der Waals surface area contributed by atoms with Crippen molar-refractivity contribution in [3.8, 4) is 17.1 Å². The number of carbonyl (C=O) groups is 1. The van der Waals surface area contributed by atoms with E-state index in [-0.39, 0.29) is 11.4 Å². The Bertz CT molecular complexity index is 1210. The molecule has 2 aromatic carbocycles. The van der Waals surface area contributed by atoms with Gasteiger partial charge in [0.15, 0.2) is 0 Å². The number of benzene rings is 2. The summed E-state index contributed by atoms with van der Waals surface area (Å²) in [6.45, 7) is 7.63. The molecule has 0 saturated heterocycles. The van der Waals surface area contributed by atoms with Crippen molar-refractivity contribution >= 4 is 22.8 Å². The van der Waals surface area contributed by atoms with Crippen molar-refractivity contribution in [1.29, 1.82) is 0 Å². The number of pyridine rings is 1. The smallest absolute Gasteiger partial charge is 0.259 e. The van der Waals surface area contributed by atoms with E-state index >= 15 is 0 Å². The van der Waals surface area contributed by atoms with Gasteiger partial charge in [0, 0.05) is 18.3 Å². The van der Waals surface area contributed by atoms with Crippen LogP contribution in [-0.2, 0) is 0 Å². The lowest BCUT2D eigenvalue weighted by Gasteiger charge is -2.20. The van der Waals surface area contributed by atoms with E-state index in [2.05, 4.69) is 41.4 Å².